The number of carbonyl (C=O) groups is 2. The molecule has 8 nitrogen and oxygen atoms in total. The van der Waals surface area contributed by atoms with E-state index < -0.39 is 11.9 Å². The number of nitrogens with one attached hydrogen (secondary N) is 1. The average molecular weight is 344 g/mol. The van der Waals surface area contributed by atoms with Crippen LogP contribution in [-0.4, -0.2) is 37.0 Å². The van der Waals surface area contributed by atoms with Crippen molar-refractivity contribution in [3.05, 3.63) is 40.8 Å². The van der Waals surface area contributed by atoms with Gasteiger partial charge in [-0.25, -0.2) is 4.79 Å². The fraction of sp³-hybridized carbons (Fsp3) is 0.133. The Kier molecular flexibility index (Phi) is 6.10. The van der Waals surface area contributed by atoms with Crippen molar-refractivity contribution in [1.29, 1.82) is 5.26 Å². The number of nitrogens with zero attached hydrogens (tertiary/aromatic N) is 3. The summed E-state index contributed by atoms with van der Waals surface area (Å²) in [4.78, 5) is 22.9. The van der Waals surface area contributed by atoms with Gasteiger partial charge in [0.25, 0.3) is 5.91 Å². The zero-order chi connectivity index (χ0) is 17.4. The molecule has 1 N–H and O–H groups in total. The lowest BCUT2D eigenvalue weighted by Gasteiger charge is -2.01. The number of hydrogen-bond acceptors (Lipinski definition) is 8. The molecule has 1 saturated heterocycles. The minimum absolute atomic E-state index is 0.0408. The van der Waals surface area contributed by atoms with Gasteiger partial charge in [-0.1, -0.05) is 12.1 Å². The molecule has 0 atom stereocenters. The maximum absolute atomic E-state index is 11.6. The predicted octanol–water partition coefficient (Wildman–Crippen LogP) is 1.20. The lowest BCUT2D eigenvalue weighted by molar-refractivity contribution is -0.135. The first-order valence-electron chi connectivity index (χ1n) is 6.62. The molecular weight excluding hydrogens is 332 g/mol. The minimum atomic E-state index is -0.619. The van der Waals surface area contributed by atoms with Crippen molar-refractivity contribution in [3.63, 3.8) is 0 Å². The maximum Gasteiger partial charge on any atom is 0.331 e. The Morgan fingerprint density at radius 3 is 3.08 bits per heavy atom. The van der Waals surface area contributed by atoms with Gasteiger partial charge in [0.05, 0.1) is 18.2 Å². The normalized spacial score (nSPS) is 17.1. The summed E-state index contributed by atoms with van der Waals surface area (Å²) in [6, 6.07) is 8.84. The topological polar surface area (TPSA) is 113 Å². The molecule has 9 heteroatoms. The van der Waals surface area contributed by atoms with Crippen LogP contribution in [-0.2, 0) is 14.3 Å². The molecule has 24 heavy (non-hydrogen) atoms. The Labute approximate surface area is 141 Å². The van der Waals surface area contributed by atoms with Crippen molar-refractivity contribution in [1.82, 2.24) is 5.32 Å². The highest BCUT2D eigenvalue weighted by molar-refractivity contribution is 8.18. The third kappa shape index (κ3) is 4.96. The highest BCUT2D eigenvalue weighted by atomic mass is 32.2. The van der Waals surface area contributed by atoms with E-state index in [1.165, 1.54) is 13.3 Å². The third-order valence-corrected chi connectivity index (χ3v) is 3.52. The van der Waals surface area contributed by atoms with Gasteiger partial charge in [-0.3, -0.25) is 10.1 Å². The summed E-state index contributed by atoms with van der Waals surface area (Å²) in [7, 11) is 1.23. The van der Waals surface area contributed by atoms with Crippen LogP contribution in [0.15, 0.2) is 45.4 Å². The second-order valence-electron chi connectivity index (χ2n) is 4.26. The number of ether oxygens (including phenoxy) is 2. The first-order valence-corrected chi connectivity index (χ1v) is 7.43. The molecule has 1 heterocycles. The van der Waals surface area contributed by atoms with Crippen LogP contribution in [0.1, 0.15) is 5.56 Å². The van der Waals surface area contributed by atoms with Gasteiger partial charge in [0.1, 0.15) is 11.8 Å². The number of amides is 1. The molecule has 0 unspecified atom stereocenters. The molecule has 0 bridgehead atoms. The van der Waals surface area contributed by atoms with Crippen LogP contribution >= 0.6 is 11.8 Å². The maximum atomic E-state index is 11.6. The molecular formula is C15H12N4O4S. The van der Waals surface area contributed by atoms with Gasteiger partial charge in [0, 0.05) is 6.08 Å². The second kappa shape index (κ2) is 8.50. The van der Waals surface area contributed by atoms with Gasteiger partial charge in [-0.2, -0.15) is 10.4 Å². The molecule has 0 saturated carbocycles. The van der Waals surface area contributed by atoms with E-state index in [2.05, 4.69) is 20.3 Å². The minimum Gasteiger partial charge on any atom is -0.479 e. The molecule has 2 rings (SSSR count). The molecule has 122 valence electrons. The van der Waals surface area contributed by atoms with Crippen molar-refractivity contribution in [2.45, 2.75) is 0 Å². The van der Waals surface area contributed by atoms with Crippen molar-refractivity contribution in [2.24, 2.45) is 10.2 Å². The largest absolute Gasteiger partial charge is 0.479 e. The molecule has 0 spiro atoms. The van der Waals surface area contributed by atoms with Crippen LogP contribution in [0.4, 0.5) is 0 Å². The van der Waals surface area contributed by atoms with E-state index in [9.17, 15) is 9.59 Å². The molecule has 0 aromatic heterocycles. The van der Waals surface area contributed by atoms with Crippen molar-refractivity contribution < 1.29 is 19.1 Å². The molecule has 1 aromatic carbocycles. The Morgan fingerprint density at radius 1 is 1.50 bits per heavy atom. The third-order valence-electron chi connectivity index (χ3n) is 2.62. The molecule has 1 aliphatic heterocycles. The van der Waals surface area contributed by atoms with E-state index >= 15 is 0 Å². The summed E-state index contributed by atoms with van der Waals surface area (Å²) in [5.41, 5.74) is 0.717. The van der Waals surface area contributed by atoms with Gasteiger partial charge in [0.15, 0.2) is 11.8 Å². The standard InChI is InChI=1S/C15H12N4O4S/c1-22-13(20)8-12-14(21)18-15(24-12)19-17-9-10-3-2-4-11(7-10)23-6-5-16/h2-4,7-9H,6H2,1H3,(H,18,19,21)/b12-8+,17-9?. The Balaban J connectivity index is 2.02. The van der Waals surface area contributed by atoms with E-state index in [-0.39, 0.29) is 16.7 Å². The Bertz CT molecular complexity index is 780. The fourth-order valence-electron chi connectivity index (χ4n) is 1.59. The lowest BCUT2D eigenvalue weighted by Crippen LogP contribution is -2.19. The summed E-state index contributed by atoms with van der Waals surface area (Å²) < 4.78 is 9.64. The molecule has 1 aromatic rings. The van der Waals surface area contributed by atoms with Crippen LogP contribution in [0, 0.1) is 11.3 Å². The predicted molar refractivity (Wildman–Crippen MR) is 88.4 cm³/mol. The van der Waals surface area contributed by atoms with E-state index in [0.29, 0.717) is 5.75 Å². The van der Waals surface area contributed by atoms with E-state index in [0.717, 1.165) is 23.4 Å². The highest BCUT2D eigenvalue weighted by Crippen LogP contribution is 2.23. The summed E-state index contributed by atoms with van der Waals surface area (Å²) in [6.45, 7) is -0.0408. The first kappa shape index (κ1) is 17.2. The SMILES string of the molecule is COC(=O)/C=C1/S/C(=N\N=Cc2cccc(OCC#N)c2)NC1=O. The van der Waals surface area contributed by atoms with Crippen LogP contribution in [0.25, 0.3) is 0 Å². The van der Waals surface area contributed by atoms with Gasteiger partial charge in [0.2, 0.25) is 0 Å². The van der Waals surface area contributed by atoms with Crippen LogP contribution in [0.2, 0.25) is 0 Å². The van der Waals surface area contributed by atoms with Crippen molar-refractivity contribution in [3.8, 4) is 11.8 Å². The van der Waals surface area contributed by atoms with Crippen molar-refractivity contribution >= 4 is 35.0 Å². The molecule has 1 fully saturated rings. The number of esters is 1. The quantitative estimate of drug-likeness (QED) is 0.372. The summed E-state index contributed by atoms with van der Waals surface area (Å²) >= 11 is 0.987. The summed E-state index contributed by atoms with van der Waals surface area (Å²) in [6.07, 6.45) is 2.56. The van der Waals surface area contributed by atoms with Crippen LogP contribution < -0.4 is 10.1 Å². The molecule has 1 aliphatic rings. The smallest absolute Gasteiger partial charge is 0.331 e. The highest BCUT2D eigenvalue weighted by Gasteiger charge is 2.24. The number of thioether (sulfide) groups is 1. The number of rotatable bonds is 5. The average Bonchev–Trinajstić information content (AvgIpc) is 2.93. The number of nitriles is 1. The molecule has 0 radical (unpaired) electrons. The lowest BCUT2D eigenvalue weighted by atomic mass is 10.2. The number of hydrogen-bond donors (Lipinski definition) is 1. The zero-order valence-corrected chi connectivity index (χ0v) is 13.4. The van der Waals surface area contributed by atoms with Crippen LogP contribution in [0.3, 0.4) is 0 Å². The van der Waals surface area contributed by atoms with Crippen molar-refractivity contribution in [2.75, 3.05) is 13.7 Å². The number of methoxy groups -OCH3 is 1. The number of carbonyl (C=O) groups excluding carboxylic acids is 2. The summed E-state index contributed by atoms with van der Waals surface area (Å²) in [5.74, 6) is -0.516. The fourth-order valence-corrected chi connectivity index (χ4v) is 2.33. The van der Waals surface area contributed by atoms with E-state index in [1.807, 2.05) is 6.07 Å². The van der Waals surface area contributed by atoms with Gasteiger partial charge < -0.3 is 9.47 Å². The van der Waals surface area contributed by atoms with Gasteiger partial charge >= 0.3 is 5.97 Å². The van der Waals surface area contributed by atoms with E-state index in [1.54, 1.807) is 24.3 Å². The Morgan fingerprint density at radius 2 is 2.33 bits per heavy atom. The van der Waals surface area contributed by atoms with Gasteiger partial charge in [-0.05, 0) is 29.5 Å². The monoisotopic (exact) mass is 344 g/mol. The van der Waals surface area contributed by atoms with Crippen LogP contribution in [0.5, 0.6) is 5.75 Å². The molecule has 0 aliphatic carbocycles. The zero-order valence-electron chi connectivity index (χ0n) is 12.6. The first-order chi connectivity index (χ1) is 11.6. The summed E-state index contributed by atoms with van der Waals surface area (Å²) in [5, 5.41) is 19.0. The van der Waals surface area contributed by atoms with E-state index in [4.69, 9.17) is 10.00 Å². The Hall–Kier alpha value is -3.12. The van der Waals surface area contributed by atoms with Gasteiger partial charge in [-0.15, -0.1) is 5.10 Å². The second-order valence-corrected chi connectivity index (χ2v) is 5.29. The number of benzene rings is 1. The number of amidine groups is 1. The molecule has 1 amide bonds.